The molecule has 0 atom stereocenters. The third-order valence-corrected chi connectivity index (χ3v) is 2.49. The third kappa shape index (κ3) is 4.40. The zero-order valence-electron chi connectivity index (χ0n) is 8.75. The molecule has 0 aromatic carbocycles. The zero-order chi connectivity index (χ0) is 10.4. The Morgan fingerprint density at radius 2 is 1.71 bits per heavy atom. The molecule has 3 nitrogen and oxygen atoms in total. The van der Waals surface area contributed by atoms with Gasteiger partial charge in [-0.2, -0.15) is 0 Å². The Bertz CT molecular complexity index is 203. The quantitative estimate of drug-likeness (QED) is 0.397. The predicted molar refractivity (Wildman–Crippen MR) is 52.9 cm³/mol. The second kappa shape index (κ2) is 5.78. The van der Waals surface area contributed by atoms with Crippen LogP contribution in [0.1, 0.15) is 51.9 Å². The van der Waals surface area contributed by atoms with Gasteiger partial charge < -0.3 is 4.74 Å². The highest BCUT2D eigenvalue weighted by molar-refractivity contribution is 5.94. The molecular formula is C11H18O3. The molecule has 1 saturated carbocycles. The van der Waals surface area contributed by atoms with Gasteiger partial charge in [-0.1, -0.05) is 12.8 Å². The van der Waals surface area contributed by atoms with E-state index in [1.54, 1.807) is 0 Å². The highest BCUT2D eigenvalue weighted by atomic mass is 16.5. The van der Waals surface area contributed by atoms with Gasteiger partial charge in [0.2, 0.25) is 0 Å². The third-order valence-electron chi connectivity index (χ3n) is 2.49. The fourth-order valence-electron chi connectivity index (χ4n) is 1.79. The molecule has 14 heavy (non-hydrogen) atoms. The van der Waals surface area contributed by atoms with E-state index in [0.717, 1.165) is 25.7 Å². The van der Waals surface area contributed by atoms with Crippen LogP contribution in [0.2, 0.25) is 0 Å². The van der Waals surface area contributed by atoms with Crippen LogP contribution < -0.4 is 0 Å². The van der Waals surface area contributed by atoms with Gasteiger partial charge in [-0.3, -0.25) is 9.59 Å². The number of Topliss-reactive ketones (excluding diaryl/α,β-unsaturated/α-hetero) is 1. The predicted octanol–water partition coefficient (Wildman–Crippen LogP) is 2.23. The fraction of sp³-hybridized carbons (Fsp3) is 0.818. The highest BCUT2D eigenvalue weighted by Gasteiger charge is 2.17. The first kappa shape index (κ1) is 11.2. The molecule has 0 bridgehead atoms. The van der Waals surface area contributed by atoms with Gasteiger partial charge in [0.1, 0.15) is 18.3 Å². The van der Waals surface area contributed by atoms with E-state index in [1.165, 1.54) is 19.8 Å². The molecule has 0 unspecified atom stereocenters. The van der Waals surface area contributed by atoms with Crippen LogP contribution in [0.3, 0.4) is 0 Å². The first-order valence-corrected chi connectivity index (χ1v) is 5.37. The van der Waals surface area contributed by atoms with Crippen LogP contribution in [0.5, 0.6) is 0 Å². The molecule has 3 heteroatoms. The van der Waals surface area contributed by atoms with E-state index in [4.69, 9.17) is 4.74 Å². The molecule has 1 aliphatic carbocycles. The molecule has 0 amide bonds. The van der Waals surface area contributed by atoms with E-state index in [1.807, 2.05) is 0 Å². The van der Waals surface area contributed by atoms with Crippen molar-refractivity contribution in [3.05, 3.63) is 0 Å². The van der Waals surface area contributed by atoms with Crippen LogP contribution in [0, 0.1) is 0 Å². The Morgan fingerprint density at radius 1 is 1.14 bits per heavy atom. The lowest BCUT2D eigenvalue weighted by molar-refractivity contribution is -0.151. The number of hydrogen-bond donors (Lipinski definition) is 0. The molecule has 0 heterocycles. The summed E-state index contributed by atoms with van der Waals surface area (Å²) in [5, 5.41) is 0. The largest absolute Gasteiger partial charge is 0.462 e. The molecule has 0 aromatic rings. The maximum absolute atomic E-state index is 11.2. The Kier molecular flexibility index (Phi) is 4.63. The molecule has 80 valence electrons. The summed E-state index contributed by atoms with van der Waals surface area (Å²) in [5.74, 6) is -0.479. The topological polar surface area (TPSA) is 43.4 Å². The summed E-state index contributed by atoms with van der Waals surface area (Å²) in [5.41, 5.74) is 0. The van der Waals surface area contributed by atoms with E-state index in [9.17, 15) is 9.59 Å². The van der Waals surface area contributed by atoms with Crippen LogP contribution in [-0.2, 0) is 14.3 Å². The summed E-state index contributed by atoms with van der Waals surface area (Å²) in [7, 11) is 0. The average Bonchev–Trinajstić information content (AvgIpc) is 2.31. The van der Waals surface area contributed by atoms with E-state index >= 15 is 0 Å². The van der Waals surface area contributed by atoms with Gasteiger partial charge in [-0.05, 0) is 32.6 Å². The lowest BCUT2D eigenvalue weighted by Crippen LogP contribution is -2.18. The van der Waals surface area contributed by atoms with E-state index in [-0.39, 0.29) is 24.3 Å². The van der Waals surface area contributed by atoms with Crippen molar-refractivity contribution in [3.8, 4) is 0 Å². The van der Waals surface area contributed by atoms with Crippen molar-refractivity contribution in [3.63, 3.8) is 0 Å². The minimum atomic E-state index is -0.357. The molecule has 1 aliphatic rings. The number of rotatable bonds is 3. The molecule has 0 spiro atoms. The molecule has 1 fully saturated rings. The van der Waals surface area contributed by atoms with Crippen LogP contribution in [-0.4, -0.2) is 17.9 Å². The minimum absolute atomic E-state index is 0.0596. The Hall–Kier alpha value is -0.860. The maximum atomic E-state index is 11.2. The van der Waals surface area contributed by atoms with Crippen molar-refractivity contribution in [2.24, 2.45) is 0 Å². The van der Waals surface area contributed by atoms with E-state index in [0.29, 0.717) is 0 Å². The summed E-state index contributed by atoms with van der Waals surface area (Å²) >= 11 is 0. The van der Waals surface area contributed by atoms with Crippen molar-refractivity contribution in [1.29, 1.82) is 0 Å². The SMILES string of the molecule is CC(=O)CC(=O)OC1CCCCCC1. The van der Waals surface area contributed by atoms with Gasteiger partial charge in [0.05, 0.1) is 0 Å². The van der Waals surface area contributed by atoms with Crippen molar-refractivity contribution in [2.75, 3.05) is 0 Å². The van der Waals surface area contributed by atoms with Crippen LogP contribution in [0.15, 0.2) is 0 Å². The fourth-order valence-corrected chi connectivity index (χ4v) is 1.79. The molecular weight excluding hydrogens is 180 g/mol. The molecule has 1 rings (SSSR count). The first-order chi connectivity index (χ1) is 6.68. The summed E-state index contributed by atoms with van der Waals surface area (Å²) in [6, 6.07) is 0. The second-order valence-electron chi connectivity index (χ2n) is 3.98. The van der Waals surface area contributed by atoms with E-state index in [2.05, 4.69) is 0 Å². The van der Waals surface area contributed by atoms with Crippen LogP contribution in [0.4, 0.5) is 0 Å². The summed E-state index contributed by atoms with van der Waals surface area (Å²) in [6.45, 7) is 1.41. The van der Waals surface area contributed by atoms with Gasteiger partial charge >= 0.3 is 5.97 Å². The van der Waals surface area contributed by atoms with E-state index < -0.39 is 0 Å². The van der Waals surface area contributed by atoms with Crippen LogP contribution >= 0.6 is 0 Å². The van der Waals surface area contributed by atoms with Gasteiger partial charge in [0.15, 0.2) is 0 Å². The Balaban J connectivity index is 2.27. The maximum Gasteiger partial charge on any atom is 0.313 e. The average molecular weight is 198 g/mol. The molecule has 0 radical (unpaired) electrons. The number of ether oxygens (including phenoxy) is 1. The highest BCUT2D eigenvalue weighted by Crippen LogP contribution is 2.20. The number of carbonyl (C=O) groups excluding carboxylic acids is 2. The van der Waals surface area contributed by atoms with Crippen molar-refractivity contribution in [1.82, 2.24) is 0 Å². The number of carbonyl (C=O) groups is 2. The Labute approximate surface area is 84.8 Å². The molecule has 0 saturated heterocycles. The summed E-state index contributed by atoms with van der Waals surface area (Å²) < 4.78 is 5.22. The van der Waals surface area contributed by atoms with Crippen molar-refractivity contribution in [2.45, 2.75) is 58.0 Å². The molecule has 0 aromatic heterocycles. The van der Waals surface area contributed by atoms with Gasteiger partial charge in [-0.25, -0.2) is 0 Å². The zero-order valence-corrected chi connectivity index (χ0v) is 8.75. The second-order valence-corrected chi connectivity index (χ2v) is 3.98. The minimum Gasteiger partial charge on any atom is -0.462 e. The normalized spacial score (nSPS) is 18.6. The van der Waals surface area contributed by atoms with Gasteiger partial charge in [-0.15, -0.1) is 0 Å². The lowest BCUT2D eigenvalue weighted by Gasteiger charge is -2.14. The smallest absolute Gasteiger partial charge is 0.313 e. The number of ketones is 1. The van der Waals surface area contributed by atoms with Crippen LogP contribution in [0.25, 0.3) is 0 Å². The summed E-state index contributed by atoms with van der Waals surface area (Å²) in [4.78, 5) is 21.9. The van der Waals surface area contributed by atoms with Crippen molar-refractivity contribution < 1.29 is 14.3 Å². The summed E-state index contributed by atoms with van der Waals surface area (Å²) in [6.07, 6.45) is 6.66. The van der Waals surface area contributed by atoms with Gasteiger partial charge in [0.25, 0.3) is 0 Å². The lowest BCUT2D eigenvalue weighted by atomic mass is 10.1. The van der Waals surface area contributed by atoms with Gasteiger partial charge in [0, 0.05) is 0 Å². The molecule has 0 N–H and O–H groups in total. The standard InChI is InChI=1S/C11H18O3/c1-9(12)8-11(13)14-10-6-4-2-3-5-7-10/h10H,2-8H2,1H3. The molecule has 0 aliphatic heterocycles. The monoisotopic (exact) mass is 198 g/mol. The van der Waals surface area contributed by atoms with Crippen molar-refractivity contribution >= 4 is 11.8 Å². The number of esters is 1. The Morgan fingerprint density at radius 3 is 2.21 bits per heavy atom. The first-order valence-electron chi connectivity index (χ1n) is 5.37. The number of hydrogen-bond acceptors (Lipinski definition) is 3.